The lowest BCUT2D eigenvalue weighted by Gasteiger charge is -2.16. The molecule has 2 aromatic carbocycles. The number of halogens is 2. The number of aromatic nitrogens is 2. The zero-order chi connectivity index (χ0) is 22.4. The number of rotatable bonds is 8. The van der Waals surface area contributed by atoms with Gasteiger partial charge in [0.1, 0.15) is 0 Å². The summed E-state index contributed by atoms with van der Waals surface area (Å²) in [5.41, 5.74) is 2.27. The van der Waals surface area contributed by atoms with Gasteiger partial charge in [-0.1, -0.05) is 64.5 Å². The van der Waals surface area contributed by atoms with Gasteiger partial charge in [0, 0.05) is 17.8 Å². The van der Waals surface area contributed by atoms with Gasteiger partial charge in [-0.2, -0.15) is 0 Å². The molecule has 0 radical (unpaired) electrons. The summed E-state index contributed by atoms with van der Waals surface area (Å²) in [6, 6.07) is 12.5. The van der Waals surface area contributed by atoms with Crippen LogP contribution in [0.15, 0.2) is 46.8 Å². The van der Waals surface area contributed by atoms with Crippen molar-refractivity contribution < 1.29 is 9.59 Å². The van der Waals surface area contributed by atoms with Crippen molar-refractivity contribution in [1.82, 2.24) is 15.1 Å². The molecule has 0 saturated carbocycles. The summed E-state index contributed by atoms with van der Waals surface area (Å²) in [4.78, 5) is 25.9. The van der Waals surface area contributed by atoms with Crippen molar-refractivity contribution in [3.8, 4) is 0 Å². The Morgan fingerprint density at radius 2 is 1.77 bits per heavy atom. The van der Waals surface area contributed by atoms with Crippen LogP contribution < -0.4 is 10.6 Å². The topological polar surface area (TPSA) is 87.2 Å². The van der Waals surface area contributed by atoms with E-state index in [0.29, 0.717) is 25.2 Å². The molecule has 2 N–H and O–H groups in total. The highest BCUT2D eigenvalue weighted by molar-refractivity contribution is 8.01. The third kappa shape index (κ3) is 6.57. The second kappa shape index (κ2) is 10.8. The third-order valence-corrected chi connectivity index (χ3v) is 6.89. The van der Waals surface area contributed by atoms with E-state index < -0.39 is 0 Å². The summed E-state index contributed by atoms with van der Waals surface area (Å²) in [7, 11) is 1.57. The number of nitrogens with one attached hydrogen (secondary N) is 2. The van der Waals surface area contributed by atoms with Gasteiger partial charge >= 0.3 is 0 Å². The predicted molar refractivity (Wildman–Crippen MR) is 128 cm³/mol. The van der Waals surface area contributed by atoms with Crippen LogP contribution in [0.3, 0.4) is 0 Å². The summed E-state index contributed by atoms with van der Waals surface area (Å²) in [5.74, 6) is -0.385. The Labute approximate surface area is 198 Å². The number of anilines is 3. The Morgan fingerprint density at radius 1 is 1.06 bits per heavy atom. The van der Waals surface area contributed by atoms with Gasteiger partial charge in [-0.3, -0.25) is 9.59 Å². The van der Waals surface area contributed by atoms with E-state index in [9.17, 15) is 9.59 Å². The fourth-order valence-electron chi connectivity index (χ4n) is 2.47. The van der Waals surface area contributed by atoms with Crippen LogP contribution in [0.25, 0.3) is 0 Å². The Hall–Kier alpha value is -2.33. The molecule has 162 valence electrons. The minimum Gasteiger partial charge on any atom is -0.336 e. The predicted octanol–water partition coefficient (Wildman–Crippen LogP) is 5.09. The molecule has 0 aliphatic carbocycles. The van der Waals surface area contributed by atoms with Crippen molar-refractivity contribution in [2.75, 3.05) is 30.0 Å². The summed E-state index contributed by atoms with van der Waals surface area (Å²) in [5, 5.41) is 15.8. The molecule has 1 aromatic heterocycles. The molecule has 0 aliphatic heterocycles. The van der Waals surface area contributed by atoms with Crippen LogP contribution in [0.1, 0.15) is 5.56 Å². The van der Waals surface area contributed by atoms with Crippen LogP contribution in [0.5, 0.6) is 0 Å². The summed E-state index contributed by atoms with van der Waals surface area (Å²) in [6.07, 6.45) is 0. The van der Waals surface area contributed by atoms with Crippen LogP contribution in [0.2, 0.25) is 10.0 Å². The van der Waals surface area contributed by atoms with Crippen LogP contribution in [-0.2, 0) is 9.59 Å². The third-order valence-electron chi connectivity index (χ3n) is 4.19. The molecule has 7 nitrogen and oxygen atoms in total. The van der Waals surface area contributed by atoms with Crippen molar-refractivity contribution in [3.63, 3.8) is 0 Å². The Kier molecular flexibility index (Phi) is 8.14. The van der Waals surface area contributed by atoms with Crippen molar-refractivity contribution in [3.05, 3.63) is 58.1 Å². The molecule has 3 rings (SSSR count). The number of para-hydroxylation sites is 1. The number of benzene rings is 2. The van der Waals surface area contributed by atoms with E-state index in [0.717, 1.165) is 11.3 Å². The first-order valence-corrected chi connectivity index (χ1v) is 11.7. The van der Waals surface area contributed by atoms with Gasteiger partial charge in [-0.05, 0) is 36.8 Å². The zero-order valence-corrected chi connectivity index (χ0v) is 19.8. The molecule has 0 unspecified atom stereocenters. The zero-order valence-electron chi connectivity index (χ0n) is 16.7. The second-order valence-corrected chi connectivity index (χ2v) is 9.49. The standard InChI is InChI=1S/C20H19Cl2N5O2S2/c1-12-13(21)7-5-9-15(12)24-19-25-26-20(31-19)30-11-18(29)27(2)10-17(28)23-16-8-4-3-6-14(16)22/h3-9H,10-11H2,1-2H3,(H,23,28)(H,24,25). The fourth-order valence-corrected chi connectivity index (χ4v) is 4.53. The van der Waals surface area contributed by atoms with Crippen LogP contribution in [0.4, 0.5) is 16.5 Å². The van der Waals surface area contributed by atoms with Gasteiger partial charge in [-0.25, -0.2) is 0 Å². The molecule has 3 aromatic rings. The second-order valence-electron chi connectivity index (χ2n) is 6.48. The molecule has 0 atom stereocenters. The molecule has 0 bridgehead atoms. The largest absolute Gasteiger partial charge is 0.336 e. The molecular formula is C20H19Cl2N5O2S2. The van der Waals surface area contributed by atoms with Gasteiger partial charge in [0.15, 0.2) is 4.34 Å². The van der Waals surface area contributed by atoms with E-state index >= 15 is 0 Å². The van der Waals surface area contributed by atoms with Gasteiger partial charge in [0.25, 0.3) is 0 Å². The van der Waals surface area contributed by atoms with Crippen molar-refractivity contribution in [2.45, 2.75) is 11.3 Å². The molecule has 1 heterocycles. The van der Waals surface area contributed by atoms with Crippen molar-refractivity contribution >= 4 is 74.6 Å². The normalized spacial score (nSPS) is 10.6. The average Bonchev–Trinajstić information content (AvgIpc) is 3.18. The lowest BCUT2D eigenvalue weighted by molar-refractivity contribution is -0.131. The number of amides is 2. The average molecular weight is 496 g/mol. The summed E-state index contributed by atoms with van der Waals surface area (Å²) >= 11 is 14.8. The number of nitrogens with zero attached hydrogens (tertiary/aromatic N) is 3. The molecule has 0 spiro atoms. The number of thioether (sulfide) groups is 1. The first-order valence-electron chi connectivity index (χ1n) is 9.10. The molecule has 2 amide bonds. The summed E-state index contributed by atoms with van der Waals surface area (Å²) in [6.45, 7) is 1.83. The number of hydrogen-bond acceptors (Lipinski definition) is 7. The molecule has 31 heavy (non-hydrogen) atoms. The first-order chi connectivity index (χ1) is 14.8. The molecular weight excluding hydrogens is 477 g/mol. The van der Waals surface area contributed by atoms with Crippen molar-refractivity contribution in [2.24, 2.45) is 0 Å². The lowest BCUT2D eigenvalue weighted by atomic mass is 10.2. The van der Waals surface area contributed by atoms with Crippen LogP contribution in [0, 0.1) is 6.92 Å². The highest BCUT2D eigenvalue weighted by Crippen LogP contribution is 2.30. The van der Waals surface area contributed by atoms with Gasteiger partial charge in [-0.15, -0.1) is 10.2 Å². The smallest absolute Gasteiger partial charge is 0.244 e. The molecule has 0 saturated heterocycles. The quantitative estimate of drug-likeness (QED) is 0.423. The monoisotopic (exact) mass is 495 g/mol. The summed E-state index contributed by atoms with van der Waals surface area (Å²) < 4.78 is 0.643. The van der Waals surface area contributed by atoms with Gasteiger partial charge < -0.3 is 15.5 Å². The Morgan fingerprint density at radius 3 is 2.55 bits per heavy atom. The minimum absolute atomic E-state index is 0.0818. The van der Waals surface area contributed by atoms with Gasteiger partial charge in [0.2, 0.25) is 16.9 Å². The minimum atomic E-state index is -0.326. The highest BCUT2D eigenvalue weighted by Gasteiger charge is 2.16. The first kappa shape index (κ1) is 23.3. The van der Waals surface area contributed by atoms with E-state index in [1.807, 2.05) is 25.1 Å². The van der Waals surface area contributed by atoms with E-state index in [1.165, 1.54) is 28.0 Å². The number of hydrogen-bond donors (Lipinski definition) is 2. The maximum absolute atomic E-state index is 12.4. The Balaban J connectivity index is 1.48. The SMILES string of the molecule is Cc1c(Cl)cccc1Nc1nnc(SCC(=O)N(C)CC(=O)Nc2ccccc2Cl)s1. The van der Waals surface area contributed by atoms with Crippen LogP contribution in [-0.4, -0.2) is 46.3 Å². The fraction of sp³-hybridized carbons (Fsp3) is 0.200. The molecule has 11 heteroatoms. The molecule has 0 aliphatic rings. The van der Waals surface area contributed by atoms with Gasteiger partial charge in [0.05, 0.1) is 23.0 Å². The van der Waals surface area contributed by atoms with Crippen molar-refractivity contribution in [1.29, 1.82) is 0 Å². The van der Waals surface area contributed by atoms with E-state index in [1.54, 1.807) is 31.3 Å². The highest BCUT2D eigenvalue weighted by atomic mass is 35.5. The number of likely N-dealkylation sites (N-methyl/N-ethyl adjacent to an activating group) is 1. The van der Waals surface area contributed by atoms with E-state index in [-0.39, 0.29) is 24.1 Å². The van der Waals surface area contributed by atoms with Crippen LogP contribution >= 0.6 is 46.3 Å². The Bertz CT molecular complexity index is 1090. The van der Waals surface area contributed by atoms with E-state index in [2.05, 4.69) is 20.8 Å². The molecule has 0 fully saturated rings. The lowest BCUT2D eigenvalue weighted by Crippen LogP contribution is -2.36. The number of carbonyl (C=O) groups is 2. The maximum atomic E-state index is 12.4. The maximum Gasteiger partial charge on any atom is 0.244 e. The number of carbonyl (C=O) groups excluding carboxylic acids is 2. The van der Waals surface area contributed by atoms with E-state index in [4.69, 9.17) is 23.2 Å².